The summed E-state index contributed by atoms with van der Waals surface area (Å²) in [6.07, 6.45) is 0.497. The van der Waals surface area contributed by atoms with Crippen LogP contribution in [0.1, 0.15) is 27.2 Å². The quantitative estimate of drug-likeness (QED) is 0.616. The van der Waals surface area contributed by atoms with Gasteiger partial charge < -0.3 is 10.2 Å². The fourth-order valence-electron chi connectivity index (χ4n) is 1.17. The lowest BCUT2D eigenvalue weighted by Crippen LogP contribution is -2.37. The van der Waals surface area contributed by atoms with Gasteiger partial charge in [0.05, 0.1) is 6.10 Å². The van der Waals surface area contributed by atoms with Crippen LogP contribution in [0, 0.1) is 0 Å². The molecular formula is C9H21NO2. The summed E-state index contributed by atoms with van der Waals surface area (Å²) in [5.74, 6) is 0. The minimum Gasteiger partial charge on any atom is -0.396 e. The van der Waals surface area contributed by atoms with Crippen molar-refractivity contribution in [2.45, 2.75) is 39.3 Å². The predicted octanol–water partition coefficient (Wildman–Crippen LogP) is 0.460. The maximum absolute atomic E-state index is 9.17. The molecule has 3 nitrogen and oxygen atoms in total. The highest BCUT2D eigenvalue weighted by Crippen LogP contribution is 2.00. The molecule has 2 N–H and O–H groups in total. The standard InChI is InChI=1S/C9H21NO2/c1-8(2)10(5-4-6-11)7-9(3)12/h8-9,11-12H,4-7H2,1-3H3/t9-/m1/s1. The summed E-state index contributed by atoms with van der Waals surface area (Å²) in [5.41, 5.74) is 0. The minimum absolute atomic E-state index is 0.225. The molecule has 0 saturated heterocycles. The van der Waals surface area contributed by atoms with Crippen LogP contribution in [0.5, 0.6) is 0 Å². The maximum Gasteiger partial charge on any atom is 0.0639 e. The van der Waals surface area contributed by atoms with Crippen LogP contribution >= 0.6 is 0 Å². The van der Waals surface area contributed by atoms with Crippen LogP contribution in [0.3, 0.4) is 0 Å². The first-order valence-corrected chi connectivity index (χ1v) is 4.61. The van der Waals surface area contributed by atoms with Crippen molar-refractivity contribution in [3.63, 3.8) is 0 Å². The minimum atomic E-state index is -0.286. The zero-order chi connectivity index (χ0) is 9.56. The van der Waals surface area contributed by atoms with E-state index < -0.39 is 0 Å². The molecule has 3 heteroatoms. The van der Waals surface area contributed by atoms with E-state index in [1.54, 1.807) is 6.92 Å². The van der Waals surface area contributed by atoms with Crippen molar-refractivity contribution in [2.24, 2.45) is 0 Å². The number of aliphatic hydroxyl groups excluding tert-OH is 2. The van der Waals surface area contributed by atoms with Gasteiger partial charge in [0, 0.05) is 25.7 Å². The topological polar surface area (TPSA) is 43.7 Å². The number of hydrogen-bond donors (Lipinski definition) is 2. The third-order valence-electron chi connectivity index (χ3n) is 1.83. The van der Waals surface area contributed by atoms with Gasteiger partial charge in [-0.3, -0.25) is 4.90 Å². The summed E-state index contributed by atoms with van der Waals surface area (Å²) >= 11 is 0. The molecule has 0 aliphatic rings. The van der Waals surface area contributed by atoms with Crippen molar-refractivity contribution in [3.05, 3.63) is 0 Å². The highest BCUT2D eigenvalue weighted by atomic mass is 16.3. The molecule has 12 heavy (non-hydrogen) atoms. The van der Waals surface area contributed by atoms with Gasteiger partial charge in [0.25, 0.3) is 0 Å². The fraction of sp³-hybridized carbons (Fsp3) is 1.00. The molecule has 0 heterocycles. The van der Waals surface area contributed by atoms with E-state index in [9.17, 15) is 0 Å². The van der Waals surface area contributed by atoms with E-state index in [0.29, 0.717) is 12.6 Å². The van der Waals surface area contributed by atoms with Gasteiger partial charge in [0.2, 0.25) is 0 Å². The van der Waals surface area contributed by atoms with Gasteiger partial charge in [0.15, 0.2) is 0 Å². The van der Waals surface area contributed by atoms with Crippen molar-refractivity contribution in [1.82, 2.24) is 4.90 Å². The van der Waals surface area contributed by atoms with Crippen LogP contribution in [0.2, 0.25) is 0 Å². The SMILES string of the molecule is CC(C)N(CCCO)C[C@@H](C)O. The van der Waals surface area contributed by atoms with E-state index in [1.807, 2.05) is 0 Å². The van der Waals surface area contributed by atoms with Gasteiger partial charge in [-0.2, -0.15) is 0 Å². The molecular weight excluding hydrogens is 154 g/mol. The molecule has 0 aliphatic heterocycles. The summed E-state index contributed by atoms with van der Waals surface area (Å²) in [6, 6.07) is 0.436. The molecule has 0 aromatic rings. The number of aliphatic hydroxyl groups is 2. The Balaban J connectivity index is 3.70. The Morgan fingerprint density at radius 3 is 2.17 bits per heavy atom. The highest BCUT2D eigenvalue weighted by molar-refractivity contribution is 4.65. The zero-order valence-electron chi connectivity index (χ0n) is 8.32. The summed E-state index contributed by atoms with van der Waals surface area (Å²) in [6.45, 7) is 7.76. The van der Waals surface area contributed by atoms with Gasteiger partial charge >= 0.3 is 0 Å². The molecule has 74 valence electrons. The zero-order valence-corrected chi connectivity index (χ0v) is 8.32. The lowest BCUT2D eigenvalue weighted by Gasteiger charge is -2.27. The first-order chi connectivity index (χ1) is 5.57. The van der Waals surface area contributed by atoms with Crippen LogP contribution in [-0.2, 0) is 0 Å². The van der Waals surface area contributed by atoms with Gasteiger partial charge in [-0.05, 0) is 27.2 Å². The molecule has 0 saturated carbocycles. The molecule has 0 bridgehead atoms. The second kappa shape index (κ2) is 6.40. The van der Waals surface area contributed by atoms with E-state index in [2.05, 4.69) is 18.7 Å². The van der Waals surface area contributed by atoms with Gasteiger partial charge in [-0.15, -0.1) is 0 Å². The van der Waals surface area contributed by atoms with Crippen molar-refractivity contribution in [3.8, 4) is 0 Å². The Morgan fingerprint density at radius 1 is 1.25 bits per heavy atom. The van der Waals surface area contributed by atoms with Crippen molar-refractivity contribution in [1.29, 1.82) is 0 Å². The highest BCUT2D eigenvalue weighted by Gasteiger charge is 2.10. The second-order valence-corrected chi connectivity index (χ2v) is 3.51. The normalized spacial score (nSPS) is 14.2. The van der Waals surface area contributed by atoms with E-state index in [-0.39, 0.29) is 12.7 Å². The summed E-state index contributed by atoms with van der Waals surface area (Å²) in [7, 11) is 0. The lowest BCUT2D eigenvalue weighted by molar-refractivity contribution is 0.102. The Morgan fingerprint density at radius 2 is 1.83 bits per heavy atom. The Labute approximate surface area is 75.0 Å². The molecule has 0 unspecified atom stereocenters. The number of nitrogens with zero attached hydrogens (tertiary/aromatic N) is 1. The third-order valence-corrected chi connectivity index (χ3v) is 1.83. The predicted molar refractivity (Wildman–Crippen MR) is 50.1 cm³/mol. The molecule has 0 radical (unpaired) electrons. The first-order valence-electron chi connectivity index (χ1n) is 4.61. The second-order valence-electron chi connectivity index (χ2n) is 3.51. The maximum atomic E-state index is 9.17. The average Bonchev–Trinajstić information content (AvgIpc) is 1.96. The molecule has 1 atom stereocenters. The van der Waals surface area contributed by atoms with E-state index >= 15 is 0 Å². The van der Waals surface area contributed by atoms with Crippen LogP contribution in [0.4, 0.5) is 0 Å². The average molecular weight is 175 g/mol. The van der Waals surface area contributed by atoms with Crippen molar-refractivity contribution in [2.75, 3.05) is 19.7 Å². The van der Waals surface area contributed by atoms with Crippen molar-refractivity contribution < 1.29 is 10.2 Å². The van der Waals surface area contributed by atoms with Crippen LogP contribution in [0.15, 0.2) is 0 Å². The number of rotatable bonds is 6. The van der Waals surface area contributed by atoms with Gasteiger partial charge in [-0.1, -0.05) is 0 Å². The summed E-state index contributed by atoms with van der Waals surface area (Å²) < 4.78 is 0. The lowest BCUT2D eigenvalue weighted by atomic mass is 10.2. The summed E-state index contributed by atoms with van der Waals surface area (Å²) in [4.78, 5) is 2.17. The molecule has 0 fully saturated rings. The van der Waals surface area contributed by atoms with Gasteiger partial charge in [-0.25, -0.2) is 0 Å². The summed E-state index contributed by atoms with van der Waals surface area (Å²) in [5, 5.41) is 17.8. The van der Waals surface area contributed by atoms with E-state index in [1.165, 1.54) is 0 Å². The monoisotopic (exact) mass is 175 g/mol. The Kier molecular flexibility index (Phi) is 6.34. The van der Waals surface area contributed by atoms with E-state index in [4.69, 9.17) is 10.2 Å². The third kappa shape index (κ3) is 5.52. The smallest absolute Gasteiger partial charge is 0.0639 e. The van der Waals surface area contributed by atoms with Crippen LogP contribution in [-0.4, -0.2) is 47.0 Å². The Hall–Kier alpha value is -0.120. The van der Waals surface area contributed by atoms with Crippen molar-refractivity contribution >= 4 is 0 Å². The fourth-order valence-corrected chi connectivity index (χ4v) is 1.17. The van der Waals surface area contributed by atoms with Crippen LogP contribution in [0.25, 0.3) is 0 Å². The molecule has 0 amide bonds. The molecule has 0 rings (SSSR count). The van der Waals surface area contributed by atoms with Gasteiger partial charge in [0.1, 0.15) is 0 Å². The first kappa shape index (κ1) is 11.9. The largest absolute Gasteiger partial charge is 0.396 e. The van der Waals surface area contributed by atoms with E-state index in [0.717, 1.165) is 13.0 Å². The molecule has 0 aromatic heterocycles. The molecule has 0 spiro atoms. The molecule has 0 aromatic carbocycles. The number of hydrogen-bond acceptors (Lipinski definition) is 3. The Bertz CT molecular complexity index is 105. The molecule has 0 aliphatic carbocycles. The van der Waals surface area contributed by atoms with Crippen LogP contribution < -0.4 is 0 Å².